The molecule has 2 heterocycles. The number of amides is 1. The average molecular weight is 396 g/mol. The molecule has 0 unspecified atom stereocenters. The first-order valence-corrected chi connectivity index (χ1v) is 9.04. The normalized spacial score (nSPS) is 12.3. The number of hydrogen-bond donors (Lipinski definition) is 1. The number of methoxy groups -OCH3 is 2. The summed E-state index contributed by atoms with van der Waals surface area (Å²) in [4.78, 5) is 12.4. The van der Waals surface area contributed by atoms with Gasteiger partial charge >= 0.3 is 0 Å². The Labute approximate surface area is 167 Å². The van der Waals surface area contributed by atoms with Crippen LogP contribution in [0.3, 0.4) is 0 Å². The van der Waals surface area contributed by atoms with Crippen molar-refractivity contribution in [3.8, 4) is 34.3 Å². The quantitative estimate of drug-likeness (QED) is 0.683. The number of hydrogen-bond acceptors (Lipinski definition) is 7. The molecule has 0 saturated carbocycles. The Balaban J connectivity index is 1.43. The maximum absolute atomic E-state index is 12.4. The van der Waals surface area contributed by atoms with Crippen LogP contribution in [0.4, 0.5) is 5.69 Å². The van der Waals surface area contributed by atoms with Crippen LogP contribution in [-0.4, -0.2) is 38.5 Å². The van der Waals surface area contributed by atoms with Crippen LogP contribution in [0.1, 0.15) is 5.69 Å². The minimum absolute atomic E-state index is 0.0718. The maximum Gasteiger partial charge on any atom is 0.230 e. The van der Waals surface area contributed by atoms with E-state index in [9.17, 15) is 4.79 Å². The third kappa shape index (κ3) is 4.11. The molecule has 29 heavy (non-hydrogen) atoms. The van der Waals surface area contributed by atoms with E-state index >= 15 is 0 Å². The summed E-state index contributed by atoms with van der Waals surface area (Å²) in [5.74, 6) is 2.82. The highest BCUT2D eigenvalue weighted by molar-refractivity contribution is 5.92. The van der Waals surface area contributed by atoms with E-state index in [4.69, 9.17) is 23.5 Å². The molecular formula is C21H20N2O6. The largest absolute Gasteiger partial charge is 0.493 e. The molecule has 1 amide bonds. The van der Waals surface area contributed by atoms with Gasteiger partial charge in [-0.3, -0.25) is 4.79 Å². The molecule has 0 fully saturated rings. The summed E-state index contributed by atoms with van der Waals surface area (Å²) in [5, 5.41) is 6.81. The highest BCUT2D eigenvalue weighted by Crippen LogP contribution is 2.35. The fourth-order valence-corrected chi connectivity index (χ4v) is 3.01. The number of carbonyl (C=O) groups excluding carboxylic acids is 1. The van der Waals surface area contributed by atoms with Gasteiger partial charge in [0.2, 0.25) is 5.91 Å². The Kier molecular flexibility index (Phi) is 5.24. The van der Waals surface area contributed by atoms with Crippen LogP contribution in [0.15, 0.2) is 47.0 Å². The molecule has 0 saturated heterocycles. The van der Waals surface area contributed by atoms with Gasteiger partial charge in [-0.05, 0) is 30.3 Å². The standard InChI is InChI=1S/C21H20N2O6/c1-25-16-6-4-14(10-19(16)26-2)22-21(24)12-15-11-18(29-23-15)13-3-5-17-20(9-13)28-8-7-27-17/h3-6,9-11H,7-8,12H2,1-2H3,(H,22,24). The van der Waals surface area contributed by atoms with Crippen molar-refractivity contribution in [1.82, 2.24) is 5.16 Å². The van der Waals surface area contributed by atoms with Crippen LogP contribution >= 0.6 is 0 Å². The van der Waals surface area contributed by atoms with Crippen LogP contribution in [0.25, 0.3) is 11.3 Å². The van der Waals surface area contributed by atoms with Gasteiger partial charge in [0, 0.05) is 23.4 Å². The lowest BCUT2D eigenvalue weighted by molar-refractivity contribution is -0.115. The van der Waals surface area contributed by atoms with E-state index in [1.54, 1.807) is 31.4 Å². The summed E-state index contributed by atoms with van der Waals surface area (Å²) >= 11 is 0. The second kappa shape index (κ2) is 8.14. The van der Waals surface area contributed by atoms with Crippen LogP contribution < -0.4 is 24.3 Å². The fourth-order valence-electron chi connectivity index (χ4n) is 3.01. The second-order valence-corrected chi connectivity index (χ2v) is 6.34. The van der Waals surface area contributed by atoms with Gasteiger partial charge in [-0.1, -0.05) is 5.16 Å². The number of carbonyl (C=O) groups is 1. The van der Waals surface area contributed by atoms with Crippen LogP contribution in [0, 0.1) is 0 Å². The Morgan fingerprint density at radius 2 is 1.79 bits per heavy atom. The van der Waals surface area contributed by atoms with E-state index in [1.165, 1.54) is 7.11 Å². The molecule has 1 aliphatic rings. The molecular weight excluding hydrogens is 376 g/mol. The van der Waals surface area contributed by atoms with Gasteiger partial charge in [-0.2, -0.15) is 0 Å². The highest BCUT2D eigenvalue weighted by atomic mass is 16.6. The minimum Gasteiger partial charge on any atom is -0.493 e. The van der Waals surface area contributed by atoms with E-state index in [2.05, 4.69) is 10.5 Å². The van der Waals surface area contributed by atoms with Crippen molar-refractivity contribution < 1.29 is 28.3 Å². The van der Waals surface area contributed by atoms with E-state index in [1.807, 2.05) is 18.2 Å². The smallest absolute Gasteiger partial charge is 0.230 e. The average Bonchev–Trinajstić information content (AvgIpc) is 3.21. The zero-order valence-corrected chi connectivity index (χ0v) is 16.1. The third-order valence-electron chi connectivity index (χ3n) is 4.39. The molecule has 0 aliphatic carbocycles. The Morgan fingerprint density at radius 3 is 2.59 bits per heavy atom. The van der Waals surface area contributed by atoms with Crippen molar-refractivity contribution >= 4 is 11.6 Å². The first-order valence-electron chi connectivity index (χ1n) is 9.04. The number of fused-ring (bicyclic) bond motifs is 1. The SMILES string of the molecule is COc1ccc(NC(=O)Cc2cc(-c3ccc4c(c3)OCCO4)on2)cc1OC. The summed E-state index contributed by atoms with van der Waals surface area (Å²) in [7, 11) is 3.10. The van der Waals surface area contributed by atoms with Crippen molar-refractivity contribution in [3.05, 3.63) is 48.2 Å². The molecule has 8 nitrogen and oxygen atoms in total. The molecule has 3 aromatic rings. The molecule has 0 spiro atoms. The Bertz CT molecular complexity index is 1030. The number of aromatic nitrogens is 1. The van der Waals surface area contributed by atoms with Gasteiger partial charge < -0.3 is 28.8 Å². The first-order chi connectivity index (χ1) is 14.2. The van der Waals surface area contributed by atoms with E-state index < -0.39 is 0 Å². The monoisotopic (exact) mass is 396 g/mol. The number of rotatable bonds is 6. The molecule has 2 aromatic carbocycles. The summed E-state index contributed by atoms with van der Waals surface area (Å²) < 4.78 is 26.9. The molecule has 1 aromatic heterocycles. The van der Waals surface area contributed by atoms with Crippen LogP contribution in [-0.2, 0) is 11.2 Å². The lowest BCUT2D eigenvalue weighted by atomic mass is 10.1. The molecule has 150 valence electrons. The maximum atomic E-state index is 12.4. The van der Waals surface area contributed by atoms with E-state index in [0.717, 1.165) is 5.56 Å². The van der Waals surface area contributed by atoms with Gasteiger partial charge in [0.05, 0.1) is 26.3 Å². The first kappa shape index (κ1) is 18.7. The van der Waals surface area contributed by atoms with Crippen molar-refractivity contribution in [3.63, 3.8) is 0 Å². The molecule has 1 aliphatic heterocycles. The van der Waals surface area contributed by atoms with Gasteiger partial charge in [-0.25, -0.2) is 0 Å². The molecule has 0 atom stereocenters. The van der Waals surface area contributed by atoms with Crippen LogP contribution in [0.5, 0.6) is 23.0 Å². The zero-order chi connectivity index (χ0) is 20.2. The predicted octanol–water partition coefficient (Wildman–Crippen LogP) is 3.31. The second-order valence-electron chi connectivity index (χ2n) is 6.34. The summed E-state index contributed by atoms with van der Waals surface area (Å²) in [6.45, 7) is 1.04. The van der Waals surface area contributed by atoms with Crippen molar-refractivity contribution in [1.29, 1.82) is 0 Å². The van der Waals surface area contributed by atoms with Crippen LogP contribution in [0.2, 0.25) is 0 Å². The lowest BCUT2D eigenvalue weighted by Gasteiger charge is -2.18. The van der Waals surface area contributed by atoms with Crippen molar-refractivity contribution in [2.45, 2.75) is 6.42 Å². The zero-order valence-electron chi connectivity index (χ0n) is 16.1. The van der Waals surface area contributed by atoms with Crippen molar-refractivity contribution in [2.24, 2.45) is 0 Å². The number of nitrogens with one attached hydrogen (secondary N) is 1. The van der Waals surface area contributed by atoms with E-state index in [0.29, 0.717) is 53.4 Å². The summed E-state index contributed by atoms with van der Waals surface area (Å²) in [6.07, 6.45) is 0.0718. The number of ether oxygens (including phenoxy) is 4. The Morgan fingerprint density at radius 1 is 1.00 bits per heavy atom. The molecule has 0 radical (unpaired) electrons. The lowest BCUT2D eigenvalue weighted by Crippen LogP contribution is -2.15. The fraction of sp³-hybridized carbons (Fsp3) is 0.238. The number of anilines is 1. The van der Waals surface area contributed by atoms with Gasteiger partial charge in [-0.15, -0.1) is 0 Å². The molecule has 8 heteroatoms. The Hall–Kier alpha value is -3.68. The summed E-state index contributed by atoms with van der Waals surface area (Å²) in [6, 6.07) is 12.4. The van der Waals surface area contributed by atoms with Gasteiger partial charge in [0.25, 0.3) is 0 Å². The topological polar surface area (TPSA) is 92.1 Å². The van der Waals surface area contributed by atoms with E-state index in [-0.39, 0.29) is 12.3 Å². The summed E-state index contributed by atoms with van der Waals surface area (Å²) in [5.41, 5.74) is 1.92. The number of benzene rings is 2. The highest BCUT2D eigenvalue weighted by Gasteiger charge is 2.16. The molecule has 4 rings (SSSR count). The van der Waals surface area contributed by atoms with Gasteiger partial charge in [0.1, 0.15) is 13.2 Å². The molecule has 0 bridgehead atoms. The third-order valence-corrected chi connectivity index (χ3v) is 4.39. The molecule has 1 N–H and O–H groups in total. The van der Waals surface area contributed by atoms with Gasteiger partial charge in [0.15, 0.2) is 28.8 Å². The van der Waals surface area contributed by atoms with Crippen molar-refractivity contribution in [2.75, 3.05) is 32.8 Å². The minimum atomic E-state index is -0.223. The number of nitrogens with zero attached hydrogens (tertiary/aromatic N) is 1. The predicted molar refractivity (Wildman–Crippen MR) is 105 cm³/mol.